The second-order valence-corrected chi connectivity index (χ2v) is 6.91. The minimum Gasteiger partial charge on any atom is -0.320 e. The van der Waals surface area contributed by atoms with E-state index in [1.54, 1.807) is 22.4 Å². The van der Waals surface area contributed by atoms with E-state index in [1.807, 2.05) is 49.1 Å². The number of hydrogen-bond acceptors (Lipinski definition) is 4. The number of aromatic nitrogens is 2. The molecular weight excluding hydrogens is 332 g/mol. The molecule has 0 saturated carbocycles. The van der Waals surface area contributed by atoms with E-state index in [0.717, 1.165) is 40.7 Å². The van der Waals surface area contributed by atoms with E-state index in [9.17, 15) is 4.79 Å². The van der Waals surface area contributed by atoms with Gasteiger partial charge >= 0.3 is 6.03 Å². The fraction of sp³-hybridized carbons (Fsp3) is 0.316. The summed E-state index contributed by atoms with van der Waals surface area (Å²) in [5, 5.41) is 2.98. The second-order valence-electron chi connectivity index (χ2n) is 6.02. The number of unbranched alkanes of at least 4 members (excludes halogenated alkanes) is 1. The molecule has 3 aromatic rings. The molecule has 0 bridgehead atoms. The molecule has 1 aromatic carbocycles. The van der Waals surface area contributed by atoms with Crippen molar-refractivity contribution in [3.8, 4) is 0 Å². The van der Waals surface area contributed by atoms with Crippen LogP contribution in [0.3, 0.4) is 0 Å². The van der Waals surface area contributed by atoms with Gasteiger partial charge in [-0.2, -0.15) is 0 Å². The molecule has 2 heterocycles. The van der Waals surface area contributed by atoms with Crippen molar-refractivity contribution in [1.82, 2.24) is 14.9 Å². The van der Waals surface area contributed by atoms with Gasteiger partial charge in [0, 0.05) is 25.1 Å². The highest BCUT2D eigenvalue weighted by atomic mass is 32.1. The highest BCUT2D eigenvalue weighted by Crippen LogP contribution is 2.26. The molecule has 1 atom stereocenters. The summed E-state index contributed by atoms with van der Waals surface area (Å²) >= 11 is 1.59. The zero-order chi connectivity index (χ0) is 17.6. The van der Waals surface area contributed by atoms with Crippen LogP contribution in [0.2, 0.25) is 0 Å². The Morgan fingerprint density at radius 3 is 3.00 bits per heavy atom. The molecule has 0 saturated heterocycles. The number of fused-ring (bicyclic) bond motifs is 1. The Morgan fingerprint density at radius 1 is 1.36 bits per heavy atom. The first-order chi connectivity index (χ1) is 12.2. The third-order valence-corrected chi connectivity index (χ3v) is 5.08. The van der Waals surface area contributed by atoms with Crippen LogP contribution in [0.1, 0.15) is 37.8 Å². The van der Waals surface area contributed by atoms with Crippen LogP contribution in [0.25, 0.3) is 10.2 Å². The van der Waals surface area contributed by atoms with Crippen molar-refractivity contribution >= 4 is 33.3 Å². The number of pyridine rings is 1. The third kappa shape index (κ3) is 4.14. The number of amides is 2. The van der Waals surface area contributed by atoms with E-state index in [-0.39, 0.29) is 12.1 Å². The molecule has 0 radical (unpaired) electrons. The largest absolute Gasteiger partial charge is 0.322 e. The van der Waals surface area contributed by atoms with Crippen molar-refractivity contribution in [3.63, 3.8) is 0 Å². The number of thiazole rings is 1. The first-order valence-corrected chi connectivity index (χ1v) is 9.34. The molecule has 1 unspecified atom stereocenters. The molecule has 0 aliphatic heterocycles. The van der Waals surface area contributed by atoms with Crippen molar-refractivity contribution in [1.29, 1.82) is 0 Å². The topological polar surface area (TPSA) is 58.1 Å². The molecule has 5 nitrogen and oxygen atoms in total. The molecule has 3 rings (SSSR count). The second kappa shape index (κ2) is 8.07. The Morgan fingerprint density at radius 2 is 2.24 bits per heavy atom. The van der Waals surface area contributed by atoms with Crippen molar-refractivity contribution in [2.45, 2.75) is 32.2 Å². The number of carbonyl (C=O) groups is 1. The zero-order valence-electron chi connectivity index (χ0n) is 14.5. The van der Waals surface area contributed by atoms with Crippen molar-refractivity contribution in [2.24, 2.45) is 0 Å². The summed E-state index contributed by atoms with van der Waals surface area (Å²) < 4.78 is 1.11. The molecular formula is C19H22N4OS. The Balaban J connectivity index is 1.75. The Kier molecular flexibility index (Phi) is 5.60. The van der Waals surface area contributed by atoms with Gasteiger partial charge in [-0.25, -0.2) is 9.78 Å². The highest BCUT2D eigenvalue weighted by molar-refractivity contribution is 7.16. The molecule has 0 aliphatic rings. The first-order valence-electron chi connectivity index (χ1n) is 8.46. The van der Waals surface area contributed by atoms with Crippen molar-refractivity contribution in [3.05, 3.63) is 53.8 Å². The fourth-order valence-electron chi connectivity index (χ4n) is 2.84. The van der Waals surface area contributed by atoms with E-state index in [1.165, 1.54) is 0 Å². The number of carbonyl (C=O) groups excluding carboxylic acids is 1. The standard InChI is InChI=1S/C19H22N4OS/c1-3-4-7-17(14-6-5-10-20-12-14)23(2)19(24)22-15-8-9-18-16(11-15)21-13-25-18/h5-6,8-13,17H,3-4,7H2,1-2H3,(H,22,24). The maximum Gasteiger partial charge on any atom is 0.322 e. The van der Waals surface area contributed by atoms with E-state index in [0.29, 0.717) is 0 Å². The van der Waals surface area contributed by atoms with Gasteiger partial charge in [-0.1, -0.05) is 25.8 Å². The number of anilines is 1. The molecule has 0 fully saturated rings. The number of urea groups is 1. The first kappa shape index (κ1) is 17.4. The number of hydrogen-bond donors (Lipinski definition) is 1. The van der Waals surface area contributed by atoms with Crippen LogP contribution < -0.4 is 5.32 Å². The normalized spacial score (nSPS) is 12.1. The molecule has 2 amide bonds. The molecule has 0 spiro atoms. The number of benzene rings is 1. The predicted molar refractivity (Wildman–Crippen MR) is 103 cm³/mol. The van der Waals surface area contributed by atoms with Crippen LogP contribution in [-0.2, 0) is 0 Å². The summed E-state index contributed by atoms with van der Waals surface area (Å²) in [6.45, 7) is 2.16. The van der Waals surface area contributed by atoms with E-state index in [2.05, 4.69) is 22.2 Å². The van der Waals surface area contributed by atoms with Crippen LogP contribution in [0.15, 0.2) is 48.2 Å². The molecule has 1 N–H and O–H groups in total. The number of nitrogens with one attached hydrogen (secondary N) is 1. The van der Waals surface area contributed by atoms with Gasteiger partial charge in [0.2, 0.25) is 0 Å². The Hall–Kier alpha value is -2.47. The minimum atomic E-state index is -0.125. The van der Waals surface area contributed by atoms with Crippen LogP contribution in [-0.4, -0.2) is 27.9 Å². The third-order valence-electron chi connectivity index (χ3n) is 4.27. The lowest BCUT2D eigenvalue weighted by molar-refractivity contribution is 0.200. The molecule has 2 aromatic heterocycles. The van der Waals surface area contributed by atoms with Gasteiger partial charge in [-0.3, -0.25) is 4.98 Å². The highest BCUT2D eigenvalue weighted by Gasteiger charge is 2.21. The van der Waals surface area contributed by atoms with E-state index >= 15 is 0 Å². The maximum atomic E-state index is 12.7. The molecule has 6 heteroatoms. The SMILES string of the molecule is CCCCC(c1cccnc1)N(C)C(=O)Nc1ccc2scnc2c1. The summed E-state index contributed by atoms with van der Waals surface area (Å²) in [4.78, 5) is 23.0. The van der Waals surface area contributed by atoms with Gasteiger partial charge < -0.3 is 10.2 Å². The van der Waals surface area contributed by atoms with Gasteiger partial charge in [-0.15, -0.1) is 11.3 Å². The lowest BCUT2D eigenvalue weighted by Crippen LogP contribution is -2.35. The van der Waals surface area contributed by atoms with Crippen molar-refractivity contribution < 1.29 is 4.79 Å². The zero-order valence-corrected chi connectivity index (χ0v) is 15.3. The Labute approximate surface area is 151 Å². The fourth-order valence-corrected chi connectivity index (χ4v) is 3.50. The number of rotatable bonds is 6. The van der Waals surface area contributed by atoms with Gasteiger partial charge in [0.25, 0.3) is 0 Å². The van der Waals surface area contributed by atoms with Crippen LogP contribution in [0, 0.1) is 0 Å². The maximum absolute atomic E-state index is 12.7. The summed E-state index contributed by atoms with van der Waals surface area (Å²) in [7, 11) is 1.84. The summed E-state index contributed by atoms with van der Waals surface area (Å²) in [5.41, 5.74) is 4.53. The summed E-state index contributed by atoms with van der Waals surface area (Å²) in [6, 6.07) is 9.63. The van der Waals surface area contributed by atoms with Gasteiger partial charge in [-0.05, 0) is 36.2 Å². The van der Waals surface area contributed by atoms with Gasteiger partial charge in [0.05, 0.1) is 21.8 Å². The van der Waals surface area contributed by atoms with Crippen LogP contribution >= 0.6 is 11.3 Å². The Bertz CT molecular complexity index is 834. The summed E-state index contributed by atoms with van der Waals surface area (Å²) in [6.07, 6.45) is 6.65. The summed E-state index contributed by atoms with van der Waals surface area (Å²) in [5.74, 6) is 0. The molecule has 130 valence electrons. The van der Waals surface area contributed by atoms with Crippen molar-refractivity contribution in [2.75, 3.05) is 12.4 Å². The van der Waals surface area contributed by atoms with E-state index in [4.69, 9.17) is 0 Å². The van der Waals surface area contributed by atoms with E-state index < -0.39 is 0 Å². The average Bonchev–Trinajstić information content (AvgIpc) is 3.10. The van der Waals surface area contributed by atoms with Gasteiger partial charge in [0.1, 0.15) is 0 Å². The monoisotopic (exact) mass is 354 g/mol. The average molecular weight is 354 g/mol. The van der Waals surface area contributed by atoms with Crippen LogP contribution in [0.4, 0.5) is 10.5 Å². The predicted octanol–water partition coefficient (Wildman–Crippen LogP) is 5.09. The minimum absolute atomic E-state index is 0.0108. The molecule has 0 aliphatic carbocycles. The quantitative estimate of drug-likeness (QED) is 0.671. The lowest BCUT2D eigenvalue weighted by atomic mass is 10.0. The van der Waals surface area contributed by atoms with Gasteiger partial charge in [0.15, 0.2) is 0 Å². The van der Waals surface area contributed by atoms with Crippen LogP contribution in [0.5, 0.6) is 0 Å². The number of nitrogens with zero attached hydrogens (tertiary/aromatic N) is 3. The molecule has 25 heavy (non-hydrogen) atoms. The lowest BCUT2D eigenvalue weighted by Gasteiger charge is -2.28. The smallest absolute Gasteiger partial charge is 0.320 e.